The zero-order chi connectivity index (χ0) is 16.2. The molecule has 2 aromatic heterocycles. The second-order valence-corrected chi connectivity index (χ2v) is 5.88. The maximum atomic E-state index is 9.37. The van der Waals surface area contributed by atoms with Crippen molar-refractivity contribution in [3.05, 3.63) is 48.2 Å². The lowest BCUT2D eigenvalue weighted by atomic mass is 10.0. The van der Waals surface area contributed by atoms with Gasteiger partial charge in [-0.2, -0.15) is 0 Å². The molecule has 0 aliphatic rings. The summed E-state index contributed by atoms with van der Waals surface area (Å²) < 4.78 is 0. The van der Waals surface area contributed by atoms with Gasteiger partial charge in [0.1, 0.15) is 11.5 Å². The van der Waals surface area contributed by atoms with E-state index in [1.165, 1.54) is 0 Å². The molecule has 0 aliphatic heterocycles. The van der Waals surface area contributed by atoms with Gasteiger partial charge in [-0.3, -0.25) is 0 Å². The minimum absolute atomic E-state index is 0.0448. The number of aliphatic hydroxyl groups is 1. The van der Waals surface area contributed by atoms with E-state index < -0.39 is 0 Å². The molecule has 0 unspecified atom stereocenters. The number of aliphatic hydroxyl groups excluding tert-OH is 1. The first kappa shape index (κ1) is 15.5. The van der Waals surface area contributed by atoms with Crippen molar-refractivity contribution in [2.75, 3.05) is 32.5 Å². The van der Waals surface area contributed by atoms with Gasteiger partial charge in [-0.15, -0.1) is 0 Å². The average Bonchev–Trinajstić information content (AvgIpc) is 3.02. The number of benzene rings is 1. The highest BCUT2D eigenvalue weighted by Crippen LogP contribution is 2.30. The number of hydrogen-bond acceptors (Lipinski definition) is 4. The number of hydrogen-bond donors (Lipinski definition) is 3. The summed E-state index contributed by atoms with van der Waals surface area (Å²) in [7, 11) is 4.10. The molecule has 2 heterocycles. The lowest BCUT2D eigenvalue weighted by molar-refractivity contribution is 0.282. The van der Waals surface area contributed by atoms with Gasteiger partial charge in [0, 0.05) is 24.7 Å². The number of aromatic amines is 1. The predicted molar refractivity (Wildman–Crippen MR) is 94.5 cm³/mol. The van der Waals surface area contributed by atoms with Crippen molar-refractivity contribution in [1.82, 2.24) is 14.9 Å². The molecule has 120 valence electrons. The normalized spacial score (nSPS) is 11.3. The summed E-state index contributed by atoms with van der Waals surface area (Å²) in [6.07, 6.45) is 1.90. The van der Waals surface area contributed by atoms with Crippen molar-refractivity contribution in [3.63, 3.8) is 0 Å². The summed E-state index contributed by atoms with van der Waals surface area (Å²) in [6, 6.07) is 12.1. The third-order valence-corrected chi connectivity index (χ3v) is 3.81. The Balaban J connectivity index is 1.98. The third kappa shape index (κ3) is 3.52. The second-order valence-electron chi connectivity index (χ2n) is 5.88. The van der Waals surface area contributed by atoms with E-state index in [-0.39, 0.29) is 6.61 Å². The average molecular weight is 310 g/mol. The van der Waals surface area contributed by atoms with Gasteiger partial charge in [0.15, 0.2) is 0 Å². The summed E-state index contributed by atoms with van der Waals surface area (Å²) in [4.78, 5) is 9.94. The lowest BCUT2D eigenvalue weighted by Crippen LogP contribution is -2.21. The quantitative estimate of drug-likeness (QED) is 0.655. The Kier molecular flexibility index (Phi) is 4.60. The predicted octanol–water partition coefficient (Wildman–Crippen LogP) is 2.70. The molecule has 0 aliphatic carbocycles. The van der Waals surface area contributed by atoms with E-state index in [1.54, 1.807) is 0 Å². The van der Waals surface area contributed by atoms with Gasteiger partial charge in [0.2, 0.25) is 0 Å². The topological polar surface area (TPSA) is 64.2 Å². The van der Waals surface area contributed by atoms with Crippen molar-refractivity contribution in [1.29, 1.82) is 0 Å². The zero-order valence-electron chi connectivity index (χ0n) is 13.5. The molecule has 0 spiro atoms. The Labute approximate surface area is 136 Å². The highest BCUT2D eigenvalue weighted by atomic mass is 16.3. The number of H-pyrrole nitrogens is 1. The SMILES string of the molecule is CN(C)CCNc1cc(-c2cccc(CO)c2)c2cc[nH]c2n1. The Morgan fingerprint density at radius 1 is 1.22 bits per heavy atom. The standard InChI is InChI=1S/C18H22N4O/c1-22(2)9-8-19-17-11-16(15-6-7-20-18(15)21-17)14-5-3-4-13(10-14)12-23/h3-7,10-11,23H,8-9,12H2,1-2H3,(H2,19,20,21). The van der Waals surface area contributed by atoms with E-state index in [0.717, 1.165) is 46.6 Å². The van der Waals surface area contributed by atoms with E-state index in [9.17, 15) is 5.11 Å². The number of aromatic nitrogens is 2. The first-order chi connectivity index (χ1) is 11.2. The van der Waals surface area contributed by atoms with Gasteiger partial charge >= 0.3 is 0 Å². The van der Waals surface area contributed by atoms with Crippen LogP contribution in [0.2, 0.25) is 0 Å². The molecule has 5 heteroatoms. The van der Waals surface area contributed by atoms with Crippen LogP contribution in [-0.4, -0.2) is 47.2 Å². The highest BCUT2D eigenvalue weighted by molar-refractivity contribution is 5.94. The number of nitrogens with zero attached hydrogens (tertiary/aromatic N) is 2. The number of anilines is 1. The fourth-order valence-corrected chi connectivity index (χ4v) is 2.61. The molecule has 0 atom stereocenters. The Bertz CT molecular complexity index is 795. The zero-order valence-corrected chi connectivity index (χ0v) is 13.5. The first-order valence-electron chi connectivity index (χ1n) is 7.74. The van der Waals surface area contributed by atoms with Crippen LogP contribution < -0.4 is 5.32 Å². The van der Waals surface area contributed by atoms with Gasteiger partial charge in [-0.25, -0.2) is 4.98 Å². The van der Waals surface area contributed by atoms with Crippen LogP contribution in [0.25, 0.3) is 22.2 Å². The van der Waals surface area contributed by atoms with Crippen molar-refractivity contribution in [3.8, 4) is 11.1 Å². The molecule has 1 aromatic carbocycles. The van der Waals surface area contributed by atoms with Crippen LogP contribution in [0.3, 0.4) is 0 Å². The minimum Gasteiger partial charge on any atom is -0.392 e. The molecule has 0 saturated heterocycles. The molecule has 0 saturated carbocycles. The lowest BCUT2D eigenvalue weighted by Gasteiger charge is -2.13. The van der Waals surface area contributed by atoms with Gasteiger partial charge < -0.3 is 20.3 Å². The summed E-state index contributed by atoms with van der Waals surface area (Å²) >= 11 is 0. The number of nitrogens with one attached hydrogen (secondary N) is 2. The number of rotatable bonds is 6. The summed E-state index contributed by atoms with van der Waals surface area (Å²) in [5.41, 5.74) is 3.97. The molecular weight excluding hydrogens is 288 g/mol. The molecule has 23 heavy (non-hydrogen) atoms. The van der Waals surface area contributed by atoms with Gasteiger partial charge in [0.05, 0.1) is 6.61 Å². The minimum atomic E-state index is 0.0448. The Hall–Kier alpha value is -2.37. The molecule has 0 radical (unpaired) electrons. The van der Waals surface area contributed by atoms with Crippen LogP contribution in [-0.2, 0) is 6.61 Å². The maximum Gasteiger partial charge on any atom is 0.140 e. The van der Waals surface area contributed by atoms with Gasteiger partial charge in [-0.1, -0.05) is 18.2 Å². The largest absolute Gasteiger partial charge is 0.392 e. The molecule has 0 fully saturated rings. The Morgan fingerprint density at radius 2 is 2.09 bits per heavy atom. The van der Waals surface area contributed by atoms with Crippen LogP contribution in [0.5, 0.6) is 0 Å². The monoisotopic (exact) mass is 310 g/mol. The summed E-state index contributed by atoms with van der Waals surface area (Å²) in [5.74, 6) is 0.853. The summed E-state index contributed by atoms with van der Waals surface area (Å²) in [5, 5.41) is 13.8. The smallest absolute Gasteiger partial charge is 0.140 e. The number of pyridine rings is 1. The van der Waals surface area contributed by atoms with Crippen molar-refractivity contribution in [2.45, 2.75) is 6.61 Å². The molecule has 3 rings (SSSR count). The van der Waals surface area contributed by atoms with E-state index in [0.29, 0.717) is 0 Å². The van der Waals surface area contributed by atoms with E-state index in [2.05, 4.69) is 46.4 Å². The third-order valence-electron chi connectivity index (χ3n) is 3.81. The van der Waals surface area contributed by atoms with Crippen LogP contribution >= 0.6 is 0 Å². The number of fused-ring (bicyclic) bond motifs is 1. The van der Waals surface area contributed by atoms with Crippen LogP contribution in [0.4, 0.5) is 5.82 Å². The molecule has 0 bridgehead atoms. The number of likely N-dealkylation sites (N-methyl/N-ethyl adjacent to an activating group) is 1. The molecule has 0 amide bonds. The van der Waals surface area contributed by atoms with Crippen LogP contribution in [0.1, 0.15) is 5.56 Å². The first-order valence-corrected chi connectivity index (χ1v) is 7.74. The van der Waals surface area contributed by atoms with E-state index >= 15 is 0 Å². The molecule has 3 N–H and O–H groups in total. The molecule has 5 nitrogen and oxygen atoms in total. The van der Waals surface area contributed by atoms with Gasteiger partial charge in [0.25, 0.3) is 0 Å². The Morgan fingerprint density at radius 3 is 2.87 bits per heavy atom. The van der Waals surface area contributed by atoms with Crippen molar-refractivity contribution in [2.24, 2.45) is 0 Å². The van der Waals surface area contributed by atoms with Crippen molar-refractivity contribution >= 4 is 16.9 Å². The highest BCUT2D eigenvalue weighted by Gasteiger charge is 2.09. The fourth-order valence-electron chi connectivity index (χ4n) is 2.61. The molecular formula is C18H22N4O. The van der Waals surface area contributed by atoms with Gasteiger partial charge in [-0.05, 0) is 49.0 Å². The van der Waals surface area contributed by atoms with Crippen LogP contribution in [0, 0.1) is 0 Å². The van der Waals surface area contributed by atoms with E-state index in [1.807, 2.05) is 30.5 Å². The fraction of sp³-hybridized carbons (Fsp3) is 0.278. The van der Waals surface area contributed by atoms with E-state index in [4.69, 9.17) is 0 Å². The second kappa shape index (κ2) is 6.81. The van der Waals surface area contributed by atoms with Crippen LogP contribution in [0.15, 0.2) is 42.6 Å². The maximum absolute atomic E-state index is 9.37. The summed E-state index contributed by atoms with van der Waals surface area (Å²) in [6.45, 7) is 1.82. The van der Waals surface area contributed by atoms with Crippen molar-refractivity contribution < 1.29 is 5.11 Å². The molecule has 3 aromatic rings.